The molecule has 46 heavy (non-hydrogen) atoms. The highest BCUT2D eigenvalue weighted by molar-refractivity contribution is 7.89. The third-order valence-corrected chi connectivity index (χ3v) is 10.9. The fraction of sp³-hybridized carbons (Fsp3) is 0.382. The minimum absolute atomic E-state index is 0.0687. The molecule has 1 heterocycles. The number of hydrogen-bond donors (Lipinski definition) is 0. The first kappa shape index (κ1) is 34.7. The van der Waals surface area contributed by atoms with Crippen molar-refractivity contribution in [1.29, 1.82) is 0 Å². The van der Waals surface area contributed by atoms with Gasteiger partial charge in [0.05, 0.1) is 26.2 Å². The van der Waals surface area contributed by atoms with Gasteiger partial charge in [0.1, 0.15) is 0 Å². The molecule has 1 aliphatic heterocycles. The topological polar surface area (TPSA) is 94.6 Å². The van der Waals surface area contributed by atoms with Crippen LogP contribution in [0.2, 0.25) is 0 Å². The van der Waals surface area contributed by atoms with E-state index in [9.17, 15) is 22.0 Å². The predicted molar refractivity (Wildman–Crippen MR) is 173 cm³/mol. The van der Waals surface area contributed by atoms with Gasteiger partial charge in [0.15, 0.2) is 23.0 Å². The van der Waals surface area contributed by atoms with Gasteiger partial charge in [-0.05, 0) is 104 Å². The van der Waals surface area contributed by atoms with E-state index >= 15 is 0 Å². The lowest BCUT2D eigenvalue weighted by Crippen LogP contribution is -2.50. The molecule has 1 aliphatic rings. The van der Waals surface area contributed by atoms with Crippen LogP contribution in [0.1, 0.15) is 38.9 Å². The molecule has 0 spiro atoms. The van der Waals surface area contributed by atoms with E-state index in [2.05, 4.69) is 4.74 Å². The SMILES string of the molecule is COc1ccc(/C(=C\c2ccc(OC(F)F)c(OC)c2)C(=O)N2CCN(S(=O)(=O)c3c(C)c(C)c(C)c(C)c3C)CC2)cc1OC. The molecule has 1 amide bonds. The summed E-state index contributed by atoms with van der Waals surface area (Å²) < 4.78 is 75.7. The van der Waals surface area contributed by atoms with Crippen molar-refractivity contribution in [2.45, 2.75) is 46.1 Å². The van der Waals surface area contributed by atoms with E-state index in [1.807, 2.05) is 34.6 Å². The van der Waals surface area contributed by atoms with Gasteiger partial charge in [-0.15, -0.1) is 0 Å². The molecule has 3 aromatic rings. The summed E-state index contributed by atoms with van der Waals surface area (Å²) in [5.41, 5.74) is 5.73. The third kappa shape index (κ3) is 6.82. The maximum atomic E-state index is 14.1. The minimum Gasteiger partial charge on any atom is -0.493 e. The number of amides is 1. The van der Waals surface area contributed by atoms with Crippen LogP contribution in [-0.2, 0) is 14.8 Å². The van der Waals surface area contributed by atoms with E-state index in [4.69, 9.17) is 14.2 Å². The number of hydrogen-bond acceptors (Lipinski definition) is 7. The fourth-order valence-electron chi connectivity index (χ4n) is 5.69. The number of nitrogens with zero attached hydrogens (tertiary/aromatic N) is 2. The average molecular weight is 659 g/mol. The smallest absolute Gasteiger partial charge is 0.387 e. The first-order valence-electron chi connectivity index (χ1n) is 14.7. The Morgan fingerprint density at radius 3 is 1.80 bits per heavy atom. The number of rotatable bonds is 10. The van der Waals surface area contributed by atoms with Crippen LogP contribution in [0.4, 0.5) is 8.78 Å². The van der Waals surface area contributed by atoms with E-state index in [0.29, 0.717) is 27.5 Å². The number of ether oxygens (including phenoxy) is 4. The zero-order valence-electron chi connectivity index (χ0n) is 27.4. The molecule has 3 aromatic carbocycles. The summed E-state index contributed by atoms with van der Waals surface area (Å²) in [4.78, 5) is 16.1. The highest BCUT2D eigenvalue weighted by Gasteiger charge is 2.34. The first-order valence-corrected chi connectivity index (χ1v) is 16.1. The van der Waals surface area contributed by atoms with E-state index in [1.54, 1.807) is 29.2 Å². The van der Waals surface area contributed by atoms with Crippen molar-refractivity contribution < 1.29 is 40.9 Å². The molecule has 248 valence electrons. The van der Waals surface area contributed by atoms with Gasteiger partial charge >= 0.3 is 6.61 Å². The summed E-state index contributed by atoms with van der Waals surface area (Å²) in [6, 6.07) is 9.43. The molecule has 0 radical (unpaired) electrons. The molecular formula is C34H40F2N2O7S. The van der Waals surface area contributed by atoms with Crippen molar-refractivity contribution in [2.24, 2.45) is 0 Å². The molecular weight excluding hydrogens is 618 g/mol. The van der Waals surface area contributed by atoms with Gasteiger partial charge in [0.2, 0.25) is 10.0 Å². The molecule has 0 aromatic heterocycles. The Morgan fingerprint density at radius 2 is 1.26 bits per heavy atom. The van der Waals surface area contributed by atoms with Crippen LogP contribution in [0, 0.1) is 34.6 Å². The largest absolute Gasteiger partial charge is 0.493 e. The Bertz CT molecular complexity index is 1740. The summed E-state index contributed by atoms with van der Waals surface area (Å²) in [7, 11) is 0.500. The molecule has 4 rings (SSSR count). The summed E-state index contributed by atoms with van der Waals surface area (Å²) in [5.74, 6) is 0.460. The van der Waals surface area contributed by atoms with Crippen LogP contribution >= 0.6 is 0 Å². The van der Waals surface area contributed by atoms with Crippen LogP contribution in [0.25, 0.3) is 11.6 Å². The van der Waals surface area contributed by atoms with E-state index in [1.165, 1.54) is 43.8 Å². The zero-order valence-corrected chi connectivity index (χ0v) is 28.2. The van der Waals surface area contributed by atoms with Crippen LogP contribution in [-0.4, -0.2) is 77.7 Å². The van der Waals surface area contributed by atoms with E-state index in [-0.39, 0.29) is 49.2 Å². The van der Waals surface area contributed by atoms with Crippen LogP contribution < -0.4 is 18.9 Å². The normalized spacial score (nSPS) is 14.4. The summed E-state index contributed by atoms with van der Waals surface area (Å²) in [6.07, 6.45) is 1.62. The van der Waals surface area contributed by atoms with Gasteiger partial charge < -0.3 is 23.8 Å². The van der Waals surface area contributed by atoms with Gasteiger partial charge in [-0.3, -0.25) is 4.79 Å². The second-order valence-corrected chi connectivity index (χ2v) is 12.9. The molecule has 1 fully saturated rings. The Hall–Kier alpha value is -4.16. The minimum atomic E-state index is -3.82. The number of carbonyl (C=O) groups is 1. The van der Waals surface area contributed by atoms with Gasteiger partial charge in [0, 0.05) is 31.8 Å². The lowest BCUT2D eigenvalue weighted by Gasteiger charge is -2.35. The van der Waals surface area contributed by atoms with Gasteiger partial charge in [-0.25, -0.2) is 8.42 Å². The number of piperazine rings is 1. The standard InChI is InChI=1S/C34H40F2N2O7S/c1-20-21(2)23(4)32(24(5)22(20)3)46(40,41)38-15-13-37(14-16-38)33(39)27(26-10-12-28(42-6)31(19-26)44-8)17-25-9-11-29(45-34(35)36)30(18-25)43-7/h9-12,17-19,34H,13-16H2,1-8H3/b27-17+. The highest BCUT2D eigenvalue weighted by Crippen LogP contribution is 2.35. The third-order valence-electron chi connectivity index (χ3n) is 8.69. The van der Waals surface area contributed by atoms with Crippen molar-refractivity contribution in [3.63, 3.8) is 0 Å². The van der Waals surface area contributed by atoms with Crippen molar-refractivity contribution in [3.8, 4) is 23.0 Å². The average Bonchev–Trinajstić information content (AvgIpc) is 3.05. The molecule has 12 heteroatoms. The number of sulfonamides is 1. The number of alkyl halides is 2. The molecule has 0 N–H and O–H groups in total. The Kier molecular flexibility index (Phi) is 10.6. The highest BCUT2D eigenvalue weighted by atomic mass is 32.2. The maximum absolute atomic E-state index is 14.1. The second-order valence-electron chi connectivity index (χ2n) is 11.1. The molecule has 0 aliphatic carbocycles. The number of benzene rings is 3. The molecule has 9 nitrogen and oxygen atoms in total. The number of methoxy groups -OCH3 is 3. The first-order chi connectivity index (χ1) is 21.7. The molecule has 0 atom stereocenters. The maximum Gasteiger partial charge on any atom is 0.387 e. The monoisotopic (exact) mass is 658 g/mol. The Morgan fingerprint density at radius 1 is 0.739 bits per heavy atom. The van der Waals surface area contributed by atoms with Crippen molar-refractivity contribution >= 4 is 27.6 Å². The number of carbonyl (C=O) groups excluding carboxylic acids is 1. The Balaban J connectivity index is 1.68. The fourth-order valence-corrected chi connectivity index (χ4v) is 7.67. The van der Waals surface area contributed by atoms with E-state index < -0.39 is 16.6 Å². The molecule has 0 bridgehead atoms. The molecule has 0 saturated carbocycles. The Labute approximate surface area is 269 Å². The summed E-state index contributed by atoms with van der Waals surface area (Å²) in [6.45, 7) is 7.06. The number of halogens is 2. The summed E-state index contributed by atoms with van der Waals surface area (Å²) in [5, 5.41) is 0. The van der Waals surface area contributed by atoms with Crippen LogP contribution in [0.15, 0.2) is 41.3 Å². The summed E-state index contributed by atoms with van der Waals surface area (Å²) >= 11 is 0. The molecule has 1 saturated heterocycles. The van der Waals surface area contributed by atoms with E-state index in [0.717, 1.165) is 27.8 Å². The predicted octanol–water partition coefficient (Wildman–Crippen LogP) is 5.93. The molecule has 0 unspecified atom stereocenters. The van der Waals surface area contributed by atoms with Gasteiger partial charge in [0.25, 0.3) is 5.91 Å². The van der Waals surface area contributed by atoms with Crippen molar-refractivity contribution in [3.05, 3.63) is 75.3 Å². The van der Waals surface area contributed by atoms with Crippen LogP contribution in [0.5, 0.6) is 23.0 Å². The van der Waals surface area contributed by atoms with Crippen LogP contribution in [0.3, 0.4) is 0 Å². The second kappa shape index (κ2) is 14.1. The lowest BCUT2D eigenvalue weighted by molar-refractivity contribution is -0.126. The lowest BCUT2D eigenvalue weighted by atomic mass is 9.95. The van der Waals surface area contributed by atoms with Crippen molar-refractivity contribution in [2.75, 3.05) is 47.5 Å². The van der Waals surface area contributed by atoms with Gasteiger partial charge in [-0.2, -0.15) is 13.1 Å². The van der Waals surface area contributed by atoms with Gasteiger partial charge in [-0.1, -0.05) is 12.1 Å². The quantitative estimate of drug-likeness (QED) is 0.197. The van der Waals surface area contributed by atoms with Crippen molar-refractivity contribution in [1.82, 2.24) is 9.21 Å². The zero-order chi connectivity index (χ0) is 33.9.